The van der Waals surface area contributed by atoms with Gasteiger partial charge in [-0.1, -0.05) is 12.1 Å². The number of nitrogens with two attached hydrogens (primary N) is 1. The van der Waals surface area contributed by atoms with E-state index in [0.29, 0.717) is 13.0 Å². The van der Waals surface area contributed by atoms with Crippen LogP contribution in [0.15, 0.2) is 24.3 Å². The molecule has 6 nitrogen and oxygen atoms in total. The molecule has 1 amide bonds. The van der Waals surface area contributed by atoms with Crippen LogP contribution >= 0.6 is 0 Å². The van der Waals surface area contributed by atoms with E-state index in [2.05, 4.69) is 5.32 Å². The zero-order valence-corrected chi connectivity index (χ0v) is 11.2. The maximum Gasteiger partial charge on any atom is 0.326 e. The number of rotatable bonds is 8. The fraction of sp³-hybridized carbons (Fsp3) is 0.429. The van der Waals surface area contributed by atoms with Gasteiger partial charge in [-0.25, -0.2) is 4.79 Å². The molecule has 1 atom stereocenters. The number of unbranched alkanes of at least 4 members (excludes halogenated alkanes) is 1. The van der Waals surface area contributed by atoms with Crippen LogP contribution in [0.4, 0.5) is 0 Å². The standard InChI is InChI=1S/C14H20N2O4/c15-8-2-1-3-13(18)16-12(14(19)20)9-10-4-6-11(17)7-5-10/h4-7,12,17H,1-3,8-9,15H2,(H,16,18)(H,19,20)/t12-/m0/s1. The molecular formula is C14H20N2O4. The molecule has 6 heteroatoms. The van der Waals surface area contributed by atoms with Crippen molar-refractivity contribution in [1.82, 2.24) is 5.32 Å². The van der Waals surface area contributed by atoms with Gasteiger partial charge in [0.25, 0.3) is 0 Å². The number of aromatic hydroxyl groups is 1. The minimum Gasteiger partial charge on any atom is -0.508 e. The van der Waals surface area contributed by atoms with Gasteiger partial charge in [0.2, 0.25) is 5.91 Å². The largest absolute Gasteiger partial charge is 0.508 e. The van der Waals surface area contributed by atoms with Crippen LogP contribution in [-0.2, 0) is 16.0 Å². The second-order valence-electron chi connectivity index (χ2n) is 4.57. The number of carbonyl (C=O) groups excluding carboxylic acids is 1. The number of benzene rings is 1. The highest BCUT2D eigenvalue weighted by atomic mass is 16.4. The summed E-state index contributed by atoms with van der Waals surface area (Å²) in [5, 5.41) is 20.8. The van der Waals surface area contributed by atoms with E-state index < -0.39 is 12.0 Å². The summed E-state index contributed by atoms with van der Waals surface area (Å²) in [6, 6.07) is 5.26. The molecule has 0 aliphatic rings. The number of amides is 1. The lowest BCUT2D eigenvalue weighted by molar-refractivity contribution is -0.141. The minimum absolute atomic E-state index is 0.117. The van der Waals surface area contributed by atoms with E-state index in [9.17, 15) is 9.59 Å². The predicted molar refractivity (Wildman–Crippen MR) is 74.3 cm³/mol. The van der Waals surface area contributed by atoms with E-state index in [0.717, 1.165) is 12.0 Å². The fourth-order valence-corrected chi connectivity index (χ4v) is 1.76. The van der Waals surface area contributed by atoms with Crippen molar-refractivity contribution in [3.05, 3.63) is 29.8 Å². The molecule has 1 rings (SSSR count). The Labute approximate surface area is 117 Å². The second-order valence-corrected chi connectivity index (χ2v) is 4.57. The lowest BCUT2D eigenvalue weighted by atomic mass is 10.1. The molecule has 0 unspecified atom stereocenters. The van der Waals surface area contributed by atoms with Crippen molar-refractivity contribution in [2.75, 3.05) is 6.54 Å². The van der Waals surface area contributed by atoms with Gasteiger partial charge in [0.15, 0.2) is 0 Å². The number of aliphatic carboxylic acids is 1. The smallest absolute Gasteiger partial charge is 0.326 e. The highest BCUT2D eigenvalue weighted by Gasteiger charge is 2.20. The molecule has 0 bridgehead atoms. The van der Waals surface area contributed by atoms with Crippen LogP contribution in [-0.4, -0.2) is 34.7 Å². The maximum absolute atomic E-state index is 11.6. The summed E-state index contributed by atoms with van der Waals surface area (Å²) >= 11 is 0. The number of phenolic OH excluding ortho intramolecular Hbond substituents is 1. The number of hydrogen-bond donors (Lipinski definition) is 4. The molecule has 1 aromatic rings. The van der Waals surface area contributed by atoms with Gasteiger partial charge >= 0.3 is 5.97 Å². The van der Waals surface area contributed by atoms with Gasteiger partial charge in [0.05, 0.1) is 0 Å². The van der Waals surface area contributed by atoms with Crippen LogP contribution in [0.1, 0.15) is 24.8 Å². The summed E-state index contributed by atoms with van der Waals surface area (Å²) in [6.45, 7) is 0.517. The van der Waals surface area contributed by atoms with Crippen molar-refractivity contribution in [1.29, 1.82) is 0 Å². The number of hydrogen-bond acceptors (Lipinski definition) is 4. The minimum atomic E-state index is -1.08. The molecular weight excluding hydrogens is 260 g/mol. The molecule has 0 radical (unpaired) electrons. The predicted octanol–water partition coefficient (Wildman–Crippen LogP) is 0.633. The van der Waals surface area contributed by atoms with Gasteiger partial charge in [-0.3, -0.25) is 4.79 Å². The Morgan fingerprint density at radius 2 is 1.85 bits per heavy atom. The van der Waals surface area contributed by atoms with Gasteiger partial charge < -0.3 is 21.3 Å². The first-order chi connectivity index (χ1) is 9.52. The summed E-state index contributed by atoms with van der Waals surface area (Å²) in [5.74, 6) is -1.25. The van der Waals surface area contributed by atoms with Crippen LogP contribution in [0.2, 0.25) is 0 Å². The van der Waals surface area contributed by atoms with E-state index in [-0.39, 0.29) is 24.5 Å². The molecule has 0 aliphatic carbocycles. The molecule has 0 aliphatic heterocycles. The Balaban J connectivity index is 2.54. The summed E-state index contributed by atoms with van der Waals surface area (Å²) in [7, 11) is 0. The Morgan fingerprint density at radius 1 is 1.20 bits per heavy atom. The fourth-order valence-electron chi connectivity index (χ4n) is 1.76. The van der Waals surface area contributed by atoms with Crippen LogP contribution < -0.4 is 11.1 Å². The van der Waals surface area contributed by atoms with Gasteiger partial charge in [-0.15, -0.1) is 0 Å². The first-order valence-electron chi connectivity index (χ1n) is 6.53. The number of nitrogens with one attached hydrogen (secondary N) is 1. The van der Waals surface area contributed by atoms with Crippen molar-refractivity contribution in [2.24, 2.45) is 5.73 Å². The number of carboxylic acid groups (broad SMARTS) is 1. The van der Waals surface area contributed by atoms with Crippen molar-refractivity contribution in [3.63, 3.8) is 0 Å². The van der Waals surface area contributed by atoms with Gasteiger partial charge in [-0.05, 0) is 37.1 Å². The topological polar surface area (TPSA) is 113 Å². The summed E-state index contributed by atoms with van der Waals surface area (Å²) in [4.78, 5) is 22.8. The van der Waals surface area contributed by atoms with Gasteiger partial charge in [-0.2, -0.15) is 0 Å². The molecule has 0 heterocycles. The number of carboxylic acids is 1. The SMILES string of the molecule is NCCCCC(=O)N[C@@H](Cc1ccc(O)cc1)C(=O)O. The lowest BCUT2D eigenvalue weighted by Gasteiger charge is -2.14. The van der Waals surface area contributed by atoms with Crippen molar-refractivity contribution < 1.29 is 19.8 Å². The number of phenols is 1. The third-order valence-corrected chi connectivity index (χ3v) is 2.87. The van der Waals surface area contributed by atoms with E-state index in [1.165, 1.54) is 12.1 Å². The van der Waals surface area contributed by atoms with Crippen LogP contribution in [0, 0.1) is 0 Å². The highest BCUT2D eigenvalue weighted by molar-refractivity contribution is 5.83. The van der Waals surface area contributed by atoms with Crippen LogP contribution in [0.5, 0.6) is 5.75 Å². The first kappa shape index (κ1) is 16.0. The highest BCUT2D eigenvalue weighted by Crippen LogP contribution is 2.11. The average Bonchev–Trinajstić information content (AvgIpc) is 2.40. The Bertz CT molecular complexity index is 445. The Hall–Kier alpha value is -2.08. The van der Waals surface area contributed by atoms with Crippen LogP contribution in [0.3, 0.4) is 0 Å². The number of carbonyl (C=O) groups is 2. The van der Waals surface area contributed by atoms with Crippen molar-refractivity contribution in [3.8, 4) is 5.75 Å². The molecule has 20 heavy (non-hydrogen) atoms. The quantitative estimate of drug-likeness (QED) is 0.522. The zero-order valence-electron chi connectivity index (χ0n) is 11.2. The zero-order chi connectivity index (χ0) is 15.0. The summed E-state index contributed by atoms with van der Waals surface area (Å²) < 4.78 is 0. The third-order valence-electron chi connectivity index (χ3n) is 2.87. The molecule has 1 aromatic carbocycles. The molecule has 0 fully saturated rings. The Morgan fingerprint density at radius 3 is 2.40 bits per heavy atom. The van der Waals surface area contributed by atoms with E-state index in [4.69, 9.17) is 15.9 Å². The third kappa shape index (κ3) is 5.71. The van der Waals surface area contributed by atoms with Crippen molar-refractivity contribution in [2.45, 2.75) is 31.7 Å². The van der Waals surface area contributed by atoms with E-state index in [1.807, 2.05) is 0 Å². The molecule has 0 aromatic heterocycles. The van der Waals surface area contributed by atoms with Gasteiger partial charge in [0.1, 0.15) is 11.8 Å². The molecule has 0 saturated carbocycles. The normalized spacial score (nSPS) is 11.8. The molecule has 0 saturated heterocycles. The summed E-state index contributed by atoms with van der Waals surface area (Å²) in [6.07, 6.45) is 1.84. The maximum atomic E-state index is 11.6. The monoisotopic (exact) mass is 280 g/mol. The van der Waals surface area contributed by atoms with Crippen molar-refractivity contribution >= 4 is 11.9 Å². The van der Waals surface area contributed by atoms with Gasteiger partial charge in [0, 0.05) is 12.8 Å². The van der Waals surface area contributed by atoms with Crippen LogP contribution in [0.25, 0.3) is 0 Å². The van der Waals surface area contributed by atoms with E-state index >= 15 is 0 Å². The molecule has 5 N–H and O–H groups in total. The first-order valence-corrected chi connectivity index (χ1v) is 6.53. The molecule has 110 valence electrons. The summed E-state index contributed by atoms with van der Waals surface area (Å²) in [5.41, 5.74) is 6.07. The lowest BCUT2D eigenvalue weighted by Crippen LogP contribution is -2.42. The average molecular weight is 280 g/mol. The van der Waals surface area contributed by atoms with E-state index in [1.54, 1.807) is 12.1 Å². The second kappa shape index (κ2) is 8.16. The Kier molecular flexibility index (Phi) is 6.52. The molecule has 0 spiro atoms.